The summed E-state index contributed by atoms with van der Waals surface area (Å²) in [5, 5.41) is 2.32. The molecule has 430 valence electrons. The number of ether oxygens (including phenoxy) is 1. The fourth-order valence-corrected chi connectivity index (χ4v) is 13.1. The van der Waals surface area contributed by atoms with Crippen molar-refractivity contribution in [1.82, 2.24) is 24.2 Å². The molecule has 10 heteroatoms. The van der Waals surface area contributed by atoms with E-state index >= 15 is 0 Å². The molecule has 5 aliphatic heterocycles. The van der Waals surface area contributed by atoms with Crippen molar-refractivity contribution in [2.24, 2.45) is 0 Å². The van der Waals surface area contributed by atoms with Crippen LogP contribution in [-0.4, -0.2) is 44.5 Å². The van der Waals surface area contributed by atoms with Crippen LogP contribution in [0.25, 0.3) is 49.8 Å². The van der Waals surface area contributed by atoms with Gasteiger partial charge in [0.05, 0.1) is 39.5 Å². The molecular formula is C76H79B2N7O. The van der Waals surface area contributed by atoms with E-state index in [9.17, 15) is 0 Å². The molecule has 0 spiro atoms. The van der Waals surface area contributed by atoms with Gasteiger partial charge in [-0.2, -0.15) is 0 Å². The monoisotopic (exact) mass is 1130 g/mol. The highest BCUT2D eigenvalue weighted by molar-refractivity contribution is 6.83. The molecule has 0 fully saturated rings. The van der Waals surface area contributed by atoms with Crippen LogP contribution in [-0.2, 0) is 21.7 Å². The van der Waals surface area contributed by atoms with Crippen LogP contribution in [0.2, 0.25) is 0 Å². The fourth-order valence-electron chi connectivity index (χ4n) is 13.1. The Morgan fingerprint density at radius 1 is 0.523 bits per heavy atom. The number of para-hydroxylation sites is 2. The minimum absolute atomic E-state index is 0.0156. The molecule has 8 nitrogen and oxygen atoms in total. The summed E-state index contributed by atoms with van der Waals surface area (Å²) in [5.41, 5.74) is 19.3. The molecular weight excluding hydrogens is 1050 g/mol. The molecule has 8 heterocycles. The summed E-state index contributed by atoms with van der Waals surface area (Å²) in [4.78, 5) is 20.4. The van der Waals surface area contributed by atoms with E-state index in [0.29, 0.717) is 18.3 Å². The minimum Gasteiger partial charge on any atom is -0.439 e. The van der Waals surface area contributed by atoms with Crippen LogP contribution in [0, 0.1) is 0 Å². The SMILES string of the molecule is CC(C)c1cccc(C(C)(C)C)c1-c1cc(N2CN(c3c(C4=CC=CN5C=CC=CB45)cc(C(C)(C)C)cc3C3=CC=CN4C=CC=CB34)c3ccccc32)cc(Oc2ccc3c4cc(C(C)(C)C)ccc4n(-c4cc(C(C)(C)C)ccn4)c3c2)n1. The topological polar surface area (TPSA) is 52.9 Å². The molecule has 3 aromatic heterocycles. The van der Waals surface area contributed by atoms with Crippen LogP contribution in [0.3, 0.4) is 0 Å². The molecule has 86 heavy (non-hydrogen) atoms. The van der Waals surface area contributed by atoms with Gasteiger partial charge in [0, 0.05) is 34.7 Å². The molecule has 5 aromatic carbocycles. The fraction of sp³-hybridized carbons (Fsp3) is 0.263. The van der Waals surface area contributed by atoms with Gasteiger partial charge in [-0.15, -0.1) is 0 Å². The van der Waals surface area contributed by atoms with Crippen LogP contribution in [0.1, 0.15) is 142 Å². The number of hydrogen-bond acceptors (Lipinski definition) is 7. The van der Waals surface area contributed by atoms with Crippen molar-refractivity contribution in [2.75, 3.05) is 16.5 Å². The number of rotatable bonds is 9. The van der Waals surface area contributed by atoms with Crippen molar-refractivity contribution < 1.29 is 4.74 Å². The first-order valence-electron chi connectivity index (χ1n) is 30.7. The normalized spacial score (nSPS) is 15.8. The molecule has 13 rings (SSSR count). The first-order valence-corrected chi connectivity index (χ1v) is 30.7. The molecule has 0 bridgehead atoms. The van der Waals surface area contributed by atoms with E-state index in [2.05, 4.69) is 322 Å². The standard InChI is InChI=1S/C76H79B2N7O/c1-50(2)56-24-21-25-61(76(12,13)14)71(56)64-46-54(47-70(80-64)86-55-31-32-57-58-42-51(73(3,4)5)30-33-65(58)85(68(57)48-55)69-45-52(34-37-79-69)74(6,7)8)83-49-84(67-29-16-15-28-66(67)83)72-59(62-26-22-40-81-38-19-17-35-77(62)81)43-53(75(9,10)11)44-60(72)63-27-23-41-82-39-20-18-36-78(63)82/h15-48,50H,49H2,1-14H3. The van der Waals surface area contributed by atoms with Crippen LogP contribution in [0.15, 0.2) is 207 Å². The maximum Gasteiger partial charge on any atom is 0.320 e. The average Bonchev–Trinajstić information content (AvgIpc) is 1.54. The Balaban J connectivity index is 1.02. The zero-order chi connectivity index (χ0) is 60.2. The van der Waals surface area contributed by atoms with Crippen molar-refractivity contribution in [2.45, 2.75) is 125 Å². The zero-order valence-electron chi connectivity index (χ0n) is 52.6. The van der Waals surface area contributed by atoms with E-state index in [1.165, 1.54) is 61.0 Å². The largest absolute Gasteiger partial charge is 0.439 e. The van der Waals surface area contributed by atoms with Crippen LogP contribution in [0.5, 0.6) is 11.6 Å². The van der Waals surface area contributed by atoms with Gasteiger partial charge in [0.25, 0.3) is 0 Å². The van der Waals surface area contributed by atoms with Crippen molar-refractivity contribution in [3.8, 4) is 28.7 Å². The number of fused-ring (bicyclic) bond motifs is 6. The summed E-state index contributed by atoms with van der Waals surface area (Å²) in [7, 11) is 0. The number of aromatic nitrogens is 3. The lowest BCUT2D eigenvalue weighted by Gasteiger charge is -2.36. The lowest BCUT2D eigenvalue weighted by Crippen LogP contribution is -2.37. The summed E-state index contributed by atoms with van der Waals surface area (Å²) < 4.78 is 9.63. The lowest BCUT2D eigenvalue weighted by atomic mass is 9.48. The Labute approximate surface area is 510 Å². The van der Waals surface area contributed by atoms with Crippen LogP contribution >= 0.6 is 0 Å². The van der Waals surface area contributed by atoms with Gasteiger partial charge in [0.2, 0.25) is 5.88 Å². The van der Waals surface area contributed by atoms with E-state index in [-0.39, 0.29) is 41.3 Å². The second-order valence-electron chi connectivity index (χ2n) is 28.3. The highest BCUT2D eigenvalue weighted by atomic mass is 16.5. The minimum atomic E-state index is -0.185. The summed E-state index contributed by atoms with van der Waals surface area (Å²) in [6, 6.07) is 43.0. The Morgan fingerprint density at radius 3 is 1.76 bits per heavy atom. The Hall–Kier alpha value is -8.75. The van der Waals surface area contributed by atoms with E-state index in [0.717, 1.165) is 50.6 Å². The zero-order valence-corrected chi connectivity index (χ0v) is 52.6. The molecule has 5 aliphatic rings. The molecule has 0 amide bonds. The first-order chi connectivity index (χ1) is 41.0. The van der Waals surface area contributed by atoms with Gasteiger partial charge >= 0.3 is 13.7 Å². The van der Waals surface area contributed by atoms with Gasteiger partial charge in [0.1, 0.15) is 18.2 Å². The Morgan fingerprint density at radius 2 is 1.14 bits per heavy atom. The number of hydrogen-bond donors (Lipinski definition) is 0. The molecule has 0 aliphatic carbocycles. The number of anilines is 4. The van der Waals surface area contributed by atoms with E-state index < -0.39 is 0 Å². The summed E-state index contributed by atoms with van der Waals surface area (Å²) in [6.45, 7) is 32.7. The number of pyridine rings is 2. The van der Waals surface area contributed by atoms with Crippen molar-refractivity contribution in [1.29, 1.82) is 0 Å². The maximum absolute atomic E-state index is 7.31. The van der Waals surface area contributed by atoms with Crippen LogP contribution in [0.4, 0.5) is 22.7 Å². The molecule has 0 radical (unpaired) electrons. The second-order valence-corrected chi connectivity index (χ2v) is 28.3. The predicted molar refractivity (Wildman–Crippen MR) is 365 cm³/mol. The molecule has 0 unspecified atom stereocenters. The second kappa shape index (κ2) is 21.0. The molecule has 0 atom stereocenters. The van der Waals surface area contributed by atoms with E-state index in [4.69, 9.17) is 14.7 Å². The Kier molecular flexibility index (Phi) is 13.8. The number of allylic oxidation sites excluding steroid dienone is 8. The van der Waals surface area contributed by atoms with Gasteiger partial charge in [-0.05, 0) is 193 Å². The summed E-state index contributed by atoms with van der Waals surface area (Å²) >= 11 is 0. The van der Waals surface area contributed by atoms with Gasteiger partial charge in [-0.3, -0.25) is 4.57 Å². The van der Waals surface area contributed by atoms with E-state index in [1.54, 1.807) is 0 Å². The third-order valence-corrected chi connectivity index (χ3v) is 17.8. The first kappa shape index (κ1) is 56.4. The smallest absolute Gasteiger partial charge is 0.320 e. The van der Waals surface area contributed by atoms with Crippen molar-refractivity contribution in [3.63, 3.8) is 0 Å². The highest BCUT2D eigenvalue weighted by Crippen LogP contribution is 2.52. The maximum atomic E-state index is 7.31. The summed E-state index contributed by atoms with van der Waals surface area (Å²) in [6.07, 6.45) is 28.4. The molecule has 0 saturated heterocycles. The molecule has 0 N–H and O–H groups in total. The van der Waals surface area contributed by atoms with Gasteiger partial charge in [-0.25, -0.2) is 9.97 Å². The van der Waals surface area contributed by atoms with Crippen molar-refractivity contribution in [3.05, 3.63) is 246 Å². The number of nitrogens with zero attached hydrogens (tertiary/aromatic N) is 7. The number of benzene rings is 5. The Bertz CT molecular complexity index is 4230. The van der Waals surface area contributed by atoms with E-state index in [1.807, 2.05) is 6.20 Å². The third kappa shape index (κ3) is 10.1. The van der Waals surface area contributed by atoms with Gasteiger partial charge < -0.3 is 24.2 Å². The molecule has 8 aromatic rings. The lowest BCUT2D eigenvalue weighted by molar-refractivity contribution is 0.464. The average molecular weight is 1130 g/mol. The molecule has 0 saturated carbocycles. The predicted octanol–water partition coefficient (Wildman–Crippen LogP) is 19.3. The van der Waals surface area contributed by atoms with Gasteiger partial charge in [0.15, 0.2) is 0 Å². The quantitative estimate of drug-likeness (QED) is 0.134. The third-order valence-electron chi connectivity index (χ3n) is 17.8. The van der Waals surface area contributed by atoms with Gasteiger partial charge in [-0.1, -0.05) is 170 Å². The van der Waals surface area contributed by atoms with Crippen LogP contribution < -0.4 is 14.5 Å². The van der Waals surface area contributed by atoms with Crippen molar-refractivity contribution >= 4 is 69.2 Å². The summed E-state index contributed by atoms with van der Waals surface area (Å²) in [5.74, 6) is 6.97. The highest BCUT2D eigenvalue weighted by Gasteiger charge is 2.39.